The van der Waals surface area contributed by atoms with Gasteiger partial charge in [-0.1, -0.05) is 255 Å². The zero-order chi connectivity index (χ0) is 47.3. The molecule has 0 unspecified atom stereocenters. The highest BCUT2D eigenvalue weighted by Crippen LogP contribution is 2.61. The lowest BCUT2D eigenvalue weighted by atomic mass is 9.80. The zero-order valence-electron chi connectivity index (χ0n) is 39.4. The normalized spacial score (nSPS) is 11.9. The summed E-state index contributed by atoms with van der Waals surface area (Å²) in [5.41, 5.74) is 27.7. The zero-order valence-corrected chi connectivity index (χ0v) is 39.4. The van der Waals surface area contributed by atoms with Crippen LogP contribution >= 0.6 is 0 Å². The molecule has 0 spiro atoms. The summed E-state index contributed by atoms with van der Waals surface area (Å²) in [5, 5.41) is 7.68. The van der Waals surface area contributed by atoms with Crippen molar-refractivity contribution in [1.82, 2.24) is 0 Å². The molecule has 0 nitrogen and oxygen atoms in total. The van der Waals surface area contributed by atoms with Gasteiger partial charge in [0.15, 0.2) is 0 Å². The number of fused-ring (bicyclic) bond motifs is 7. The Morgan fingerprint density at radius 3 is 0.792 bits per heavy atom. The van der Waals surface area contributed by atoms with Crippen molar-refractivity contribution in [2.45, 2.75) is 0 Å². The molecule has 0 heteroatoms. The summed E-state index contributed by atoms with van der Waals surface area (Å²) in [6, 6.07) is 99.3. The molecule has 0 saturated heterocycles. The van der Waals surface area contributed by atoms with Crippen LogP contribution in [0, 0.1) is 0 Å². The largest absolute Gasteiger partial charge is 0.0622 e. The summed E-state index contributed by atoms with van der Waals surface area (Å²) in [4.78, 5) is 0. The van der Waals surface area contributed by atoms with Crippen molar-refractivity contribution >= 4 is 32.3 Å². The Balaban J connectivity index is 1.02. The Morgan fingerprint density at radius 1 is 0.139 bits per heavy atom. The molecule has 0 fully saturated rings. The van der Waals surface area contributed by atoms with E-state index in [1.807, 2.05) is 0 Å². The lowest BCUT2D eigenvalue weighted by Crippen LogP contribution is -1.96. The Bertz CT molecular complexity index is 4100. The highest BCUT2D eigenvalue weighted by atomic mass is 14.4. The average Bonchev–Trinajstić information content (AvgIpc) is 3.98. The summed E-state index contributed by atoms with van der Waals surface area (Å²) in [5.74, 6) is 0. The second-order valence-electron chi connectivity index (χ2n) is 19.3. The van der Waals surface area contributed by atoms with E-state index in [-0.39, 0.29) is 0 Å². The Hall–Kier alpha value is -9.36. The van der Waals surface area contributed by atoms with Crippen molar-refractivity contribution in [3.05, 3.63) is 267 Å². The standard InChI is InChI=1S/C72H44/c1-7-21-45(22-8-1)51-37-38-52(46-23-9-2-10-24-46)70-59-41-39-53(55-33-19-35-57(67(55)59)69(51)70)54-40-42-60-68-56(54)34-20-36-58(68)71-65(49-29-15-5-16-30-49)63-43-61(47-25-11-3-12-26-47)62(48-27-13-4-14-28-48)44-64(63)66(72(60)71)50-31-17-6-18-32-50/h1-44H. The first-order valence-corrected chi connectivity index (χ1v) is 25.1. The fraction of sp³-hybridized carbons (Fsp3) is 0. The van der Waals surface area contributed by atoms with Crippen LogP contribution in [0.3, 0.4) is 0 Å². The molecule has 0 amide bonds. The van der Waals surface area contributed by atoms with Gasteiger partial charge in [-0.3, -0.25) is 0 Å². The van der Waals surface area contributed by atoms with Gasteiger partial charge in [-0.25, -0.2) is 0 Å². The highest BCUT2D eigenvalue weighted by molar-refractivity contribution is 6.31. The van der Waals surface area contributed by atoms with Crippen molar-refractivity contribution in [3.8, 4) is 122 Å². The average molecular weight is 909 g/mol. The topological polar surface area (TPSA) is 0 Å². The van der Waals surface area contributed by atoms with E-state index >= 15 is 0 Å². The van der Waals surface area contributed by atoms with E-state index in [0.717, 1.165) is 0 Å². The summed E-state index contributed by atoms with van der Waals surface area (Å²) in [6.07, 6.45) is 0. The predicted octanol–water partition coefficient (Wildman–Crippen LogP) is 20.1. The SMILES string of the molecule is c1ccc(-c2cc3c(-c4ccccc4)c4c(c(-c5ccccc5)c3cc2-c2ccccc2)-c2ccc(-c3ccc5c6c(cccc36)-c3c(-c6ccccc6)ccc(-c6ccccc6)c3-5)c3cccc-4c23)cc1. The third-order valence-corrected chi connectivity index (χ3v) is 15.6. The van der Waals surface area contributed by atoms with Crippen molar-refractivity contribution in [2.24, 2.45) is 0 Å². The molecule has 0 atom stereocenters. The molecule has 0 bridgehead atoms. The molecule has 0 aliphatic heterocycles. The molecular weight excluding hydrogens is 865 g/mol. The maximum absolute atomic E-state index is 2.49. The van der Waals surface area contributed by atoms with E-state index in [1.165, 1.54) is 155 Å². The monoisotopic (exact) mass is 908 g/mol. The molecule has 2 aliphatic rings. The van der Waals surface area contributed by atoms with Gasteiger partial charge in [0.25, 0.3) is 0 Å². The van der Waals surface area contributed by atoms with Crippen LogP contribution in [0.4, 0.5) is 0 Å². The van der Waals surface area contributed by atoms with Crippen molar-refractivity contribution < 1.29 is 0 Å². The van der Waals surface area contributed by atoms with E-state index in [2.05, 4.69) is 267 Å². The van der Waals surface area contributed by atoms with Crippen LogP contribution in [0.1, 0.15) is 0 Å². The fourth-order valence-electron chi connectivity index (χ4n) is 12.6. The first-order chi connectivity index (χ1) is 35.8. The smallest absolute Gasteiger partial charge is 0.000740 e. The van der Waals surface area contributed by atoms with Crippen molar-refractivity contribution in [3.63, 3.8) is 0 Å². The minimum absolute atomic E-state index is 1.20. The van der Waals surface area contributed by atoms with Gasteiger partial charge >= 0.3 is 0 Å². The molecule has 0 N–H and O–H groups in total. The van der Waals surface area contributed by atoms with Gasteiger partial charge in [0.1, 0.15) is 0 Å². The molecule has 0 saturated carbocycles. The maximum atomic E-state index is 2.49. The van der Waals surface area contributed by atoms with Crippen LogP contribution in [0.25, 0.3) is 155 Å². The Kier molecular flexibility index (Phi) is 9.06. The number of hydrogen-bond donors (Lipinski definition) is 0. The van der Waals surface area contributed by atoms with Crippen molar-refractivity contribution in [1.29, 1.82) is 0 Å². The first kappa shape index (κ1) is 40.5. The minimum Gasteiger partial charge on any atom is -0.0622 e. The van der Waals surface area contributed by atoms with Crippen molar-refractivity contribution in [2.75, 3.05) is 0 Å². The third kappa shape index (κ3) is 6.00. The molecule has 13 aromatic rings. The summed E-state index contributed by atoms with van der Waals surface area (Å²) in [7, 11) is 0. The van der Waals surface area contributed by atoms with E-state index in [0.29, 0.717) is 0 Å². The fourth-order valence-corrected chi connectivity index (χ4v) is 12.6. The predicted molar refractivity (Wildman–Crippen MR) is 306 cm³/mol. The Labute approximate surface area is 419 Å². The molecular formula is C72H44. The van der Waals surface area contributed by atoms with Crippen LogP contribution in [0.5, 0.6) is 0 Å². The second-order valence-corrected chi connectivity index (χ2v) is 19.3. The third-order valence-electron chi connectivity index (χ3n) is 15.6. The van der Waals surface area contributed by atoms with Gasteiger partial charge in [0, 0.05) is 0 Å². The summed E-state index contributed by atoms with van der Waals surface area (Å²) in [6.45, 7) is 0. The van der Waals surface area contributed by atoms with Gasteiger partial charge in [-0.15, -0.1) is 0 Å². The van der Waals surface area contributed by atoms with E-state index < -0.39 is 0 Å². The van der Waals surface area contributed by atoms with Gasteiger partial charge in [-0.05, 0) is 167 Å². The molecule has 13 aromatic carbocycles. The van der Waals surface area contributed by atoms with E-state index in [9.17, 15) is 0 Å². The van der Waals surface area contributed by atoms with Gasteiger partial charge in [0.05, 0.1) is 0 Å². The summed E-state index contributed by atoms with van der Waals surface area (Å²) >= 11 is 0. The van der Waals surface area contributed by atoms with Gasteiger partial charge < -0.3 is 0 Å². The molecule has 15 rings (SSSR count). The first-order valence-electron chi connectivity index (χ1n) is 25.1. The van der Waals surface area contributed by atoms with Crippen LogP contribution in [0.2, 0.25) is 0 Å². The van der Waals surface area contributed by atoms with Crippen LogP contribution in [0.15, 0.2) is 267 Å². The number of benzene rings is 13. The lowest BCUT2D eigenvalue weighted by molar-refractivity contribution is 1.59. The molecule has 332 valence electrons. The summed E-state index contributed by atoms with van der Waals surface area (Å²) < 4.78 is 0. The quantitative estimate of drug-likeness (QED) is 0.149. The number of hydrogen-bond acceptors (Lipinski definition) is 0. The van der Waals surface area contributed by atoms with E-state index in [4.69, 9.17) is 0 Å². The van der Waals surface area contributed by atoms with Crippen LogP contribution < -0.4 is 0 Å². The van der Waals surface area contributed by atoms with Crippen LogP contribution in [-0.2, 0) is 0 Å². The maximum Gasteiger partial charge on any atom is -0.000740 e. The molecule has 2 aliphatic carbocycles. The minimum atomic E-state index is 1.20. The van der Waals surface area contributed by atoms with Gasteiger partial charge in [-0.2, -0.15) is 0 Å². The number of rotatable bonds is 7. The van der Waals surface area contributed by atoms with Crippen LogP contribution in [-0.4, -0.2) is 0 Å². The molecule has 0 aromatic heterocycles. The van der Waals surface area contributed by atoms with E-state index in [1.54, 1.807) is 0 Å². The second kappa shape index (κ2) is 16.1. The highest BCUT2D eigenvalue weighted by Gasteiger charge is 2.33. The lowest BCUT2D eigenvalue weighted by Gasteiger charge is -2.23. The molecule has 0 radical (unpaired) electrons. The molecule has 0 heterocycles. The van der Waals surface area contributed by atoms with Gasteiger partial charge in [0.2, 0.25) is 0 Å². The Morgan fingerprint density at radius 2 is 0.417 bits per heavy atom. The molecule has 72 heavy (non-hydrogen) atoms.